The van der Waals surface area contributed by atoms with Crippen LogP contribution in [0.5, 0.6) is 11.6 Å². The van der Waals surface area contributed by atoms with Gasteiger partial charge >= 0.3 is 0 Å². The van der Waals surface area contributed by atoms with E-state index in [-0.39, 0.29) is 12.5 Å². The van der Waals surface area contributed by atoms with Gasteiger partial charge in [-0.2, -0.15) is 0 Å². The fourth-order valence-corrected chi connectivity index (χ4v) is 2.59. The molecular weight excluding hydrogens is 354 g/mol. The molecule has 0 aliphatic carbocycles. The molecule has 3 aromatic rings. The van der Waals surface area contributed by atoms with Crippen molar-refractivity contribution in [3.8, 4) is 22.9 Å². The summed E-state index contributed by atoms with van der Waals surface area (Å²) in [6.07, 6.45) is 0.971. The average Bonchev–Trinajstić information content (AvgIpc) is 2.74. The number of aromatic nitrogens is 2. The van der Waals surface area contributed by atoms with Crippen molar-refractivity contribution in [3.05, 3.63) is 66.2 Å². The van der Waals surface area contributed by atoms with Crippen molar-refractivity contribution in [2.24, 2.45) is 0 Å². The van der Waals surface area contributed by atoms with Crippen LogP contribution in [0.1, 0.15) is 19.4 Å². The van der Waals surface area contributed by atoms with Crippen LogP contribution in [0.15, 0.2) is 60.7 Å². The lowest BCUT2D eigenvalue weighted by Crippen LogP contribution is -2.20. The molecule has 6 nitrogen and oxygen atoms in total. The molecular formula is C22H23N3O3. The Morgan fingerprint density at radius 1 is 0.893 bits per heavy atom. The number of aryl methyl sites for hydroxylation is 1. The van der Waals surface area contributed by atoms with E-state index in [4.69, 9.17) is 9.47 Å². The smallest absolute Gasteiger partial charge is 0.262 e. The van der Waals surface area contributed by atoms with E-state index in [1.54, 1.807) is 6.07 Å². The van der Waals surface area contributed by atoms with Gasteiger partial charge in [0.25, 0.3) is 5.91 Å². The maximum Gasteiger partial charge on any atom is 0.262 e. The van der Waals surface area contributed by atoms with E-state index in [0.29, 0.717) is 23.9 Å². The van der Waals surface area contributed by atoms with Crippen molar-refractivity contribution < 1.29 is 14.3 Å². The van der Waals surface area contributed by atoms with Gasteiger partial charge in [0.2, 0.25) is 5.88 Å². The molecule has 28 heavy (non-hydrogen) atoms. The average molecular weight is 377 g/mol. The highest BCUT2D eigenvalue weighted by Gasteiger charge is 2.06. The quantitative estimate of drug-likeness (QED) is 0.639. The largest absolute Gasteiger partial charge is 0.484 e. The van der Waals surface area contributed by atoms with Gasteiger partial charge in [-0.05, 0) is 49.2 Å². The first-order valence-corrected chi connectivity index (χ1v) is 9.26. The molecule has 0 radical (unpaired) electrons. The minimum atomic E-state index is -0.215. The lowest BCUT2D eigenvalue weighted by Gasteiger charge is -2.09. The number of nitrogens with one attached hydrogen (secondary N) is 1. The second kappa shape index (κ2) is 9.50. The van der Waals surface area contributed by atoms with Crippen molar-refractivity contribution in [2.75, 3.05) is 18.5 Å². The summed E-state index contributed by atoms with van der Waals surface area (Å²) in [5, 5.41) is 11.0. The number of benzene rings is 2. The molecule has 0 saturated heterocycles. The lowest BCUT2D eigenvalue weighted by molar-refractivity contribution is -0.118. The minimum Gasteiger partial charge on any atom is -0.484 e. The maximum atomic E-state index is 12.1. The van der Waals surface area contributed by atoms with E-state index in [1.807, 2.05) is 61.5 Å². The van der Waals surface area contributed by atoms with Crippen LogP contribution in [-0.4, -0.2) is 29.3 Å². The highest BCUT2D eigenvalue weighted by atomic mass is 16.5. The first-order valence-electron chi connectivity index (χ1n) is 9.26. The van der Waals surface area contributed by atoms with Gasteiger partial charge in [-0.3, -0.25) is 4.79 Å². The summed E-state index contributed by atoms with van der Waals surface area (Å²) < 4.78 is 10.8. The van der Waals surface area contributed by atoms with Crippen LogP contribution in [0.25, 0.3) is 11.3 Å². The summed E-state index contributed by atoms with van der Waals surface area (Å²) in [5.74, 6) is 0.962. The number of amides is 1. The number of carbonyl (C=O) groups is 1. The van der Waals surface area contributed by atoms with Crippen LogP contribution < -0.4 is 14.8 Å². The summed E-state index contributed by atoms with van der Waals surface area (Å²) in [6, 6.07) is 18.8. The van der Waals surface area contributed by atoms with Crippen LogP contribution in [0.2, 0.25) is 0 Å². The molecule has 1 N–H and O–H groups in total. The number of rotatable bonds is 8. The van der Waals surface area contributed by atoms with Crippen LogP contribution in [0.4, 0.5) is 5.69 Å². The number of carbonyl (C=O) groups excluding carboxylic acids is 1. The van der Waals surface area contributed by atoms with Gasteiger partial charge < -0.3 is 14.8 Å². The first-order chi connectivity index (χ1) is 13.7. The predicted molar refractivity (Wildman–Crippen MR) is 109 cm³/mol. The fraction of sp³-hybridized carbons (Fsp3) is 0.227. The first kappa shape index (κ1) is 19.4. The molecule has 1 aromatic heterocycles. The number of ether oxygens (including phenoxy) is 2. The fourth-order valence-electron chi connectivity index (χ4n) is 2.59. The van der Waals surface area contributed by atoms with E-state index in [0.717, 1.165) is 17.7 Å². The molecule has 0 aliphatic heterocycles. The third-order valence-electron chi connectivity index (χ3n) is 4.10. The number of anilines is 1. The summed E-state index contributed by atoms with van der Waals surface area (Å²) in [4.78, 5) is 12.1. The molecule has 2 aromatic carbocycles. The Labute approximate surface area is 164 Å². The summed E-state index contributed by atoms with van der Waals surface area (Å²) in [6.45, 7) is 4.50. The van der Waals surface area contributed by atoms with E-state index in [2.05, 4.69) is 22.4 Å². The summed E-state index contributed by atoms with van der Waals surface area (Å²) >= 11 is 0. The van der Waals surface area contributed by atoms with Crippen LogP contribution in [-0.2, 0) is 11.2 Å². The molecule has 6 heteroatoms. The van der Waals surface area contributed by atoms with E-state index < -0.39 is 0 Å². The zero-order valence-corrected chi connectivity index (χ0v) is 16.0. The van der Waals surface area contributed by atoms with Crippen molar-refractivity contribution in [1.29, 1.82) is 0 Å². The Morgan fingerprint density at radius 3 is 2.25 bits per heavy atom. The van der Waals surface area contributed by atoms with Crippen molar-refractivity contribution >= 4 is 11.6 Å². The number of hydrogen-bond donors (Lipinski definition) is 1. The molecule has 0 atom stereocenters. The monoisotopic (exact) mass is 377 g/mol. The zero-order chi connectivity index (χ0) is 19.8. The topological polar surface area (TPSA) is 73.3 Å². The van der Waals surface area contributed by atoms with Crippen LogP contribution >= 0.6 is 0 Å². The van der Waals surface area contributed by atoms with Crippen molar-refractivity contribution in [2.45, 2.75) is 20.3 Å². The third-order valence-corrected chi connectivity index (χ3v) is 4.10. The van der Waals surface area contributed by atoms with Crippen molar-refractivity contribution in [3.63, 3.8) is 0 Å². The lowest BCUT2D eigenvalue weighted by atomic mass is 10.1. The molecule has 3 rings (SSSR count). The maximum absolute atomic E-state index is 12.1. The van der Waals surface area contributed by atoms with Crippen molar-refractivity contribution in [1.82, 2.24) is 10.2 Å². The van der Waals surface area contributed by atoms with Gasteiger partial charge in [0.15, 0.2) is 6.61 Å². The SMILES string of the molecule is CCOc1ccc(-c2ccc(NC(=O)COc3ccc(CC)cc3)cc2)nn1. The highest BCUT2D eigenvalue weighted by Crippen LogP contribution is 2.20. The number of hydrogen-bond acceptors (Lipinski definition) is 5. The molecule has 0 unspecified atom stereocenters. The third kappa shape index (κ3) is 5.30. The van der Waals surface area contributed by atoms with Crippen LogP contribution in [0, 0.1) is 0 Å². The van der Waals surface area contributed by atoms with E-state index >= 15 is 0 Å². The second-order valence-electron chi connectivity index (χ2n) is 6.10. The van der Waals surface area contributed by atoms with Gasteiger partial charge in [-0.15, -0.1) is 10.2 Å². The van der Waals surface area contributed by atoms with E-state index in [1.165, 1.54) is 5.56 Å². The van der Waals surface area contributed by atoms with Gasteiger partial charge in [0.05, 0.1) is 12.3 Å². The van der Waals surface area contributed by atoms with Gasteiger partial charge in [0.1, 0.15) is 5.75 Å². The summed E-state index contributed by atoms with van der Waals surface area (Å²) in [5.41, 5.74) is 3.56. The highest BCUT2D eigenvalue weighted by molar-refractivity contribution is 5.92. The van der Waals surface area contributed by atoms with Gasteiger partial charge in [0, 0.05) is 17.3 Å². The van der Waals surface area contributed by atoms with E-state index in [9.17, 15) is 4.79 Å². The predicted octanol–water partition coefficient (Wildman–Crippen LogP) is 4.12. The molecule has 0 aliphatic rings. The molecule has 0 saturated carbocycles. The Balaban J connectivity index is 1.53. The standard InChI is InChI=1S/C22H23N3O3/c1-3-16-5-11-19(12-6-16)28-15-21(26)23-18-9-7-17(8-10-18)20-13-14-22(25-24-20)27-4-2/h5-14H,3-4,15H2,1-2H3,(H,23,26). The summed E-state index contributed by atoms with van der Waals surface area (Å²) in [7, 11) is 0. The Hall–Kier alpha value is -3.41. The van der Waals surface area contributed by atoms with Crippen LogP contribution in [0.3, 0.4) is 0 Å². The van der Waals surface area contributed by atoms with Gasteiger partial charge in [-0.25, -0.2) is 0 Å². The molecule has 0 spiro atoms. The minimum absolute atomic E-state index is 0.0441. The normalized spacial score (nSPS) is 10.4. The van der Waals surface area contributed by atoms with Gasteiger partial charge in [-0.1, -0.05) is 31.2 Å². The second-order valence-corrected chi connectivity index (χ2v) is 6.10. The molecule has 0 fully saturated rings. The number of nitrogens with zero attached hydrogens (tertiary/aromatic N) is 2. The molecule has 0 bridgehead atoms. The molecule has 144 valence electrons. The zero-order valence-electron chi connectivity index (χ0n) is 16.0. The molecule has 1 amide bonds. The Bertz CT molecular complexity index is 892. The Morgan fingerprint density at radius 2 is 1.64 bits per heavy atom. The Kier molecular flexibility index (Phi) is 6.57. The molecule has 1 heterocycles.